The van der Waals surface area contributed by atoms with E-state index in [2.05, 4.69) is 28.2 Å². The SMILES string of the molecule is CN1CCN(c2ccccc2NC(=O)Cc2cc(Cl)c3c(c2)OCCCO3)CC1. The number of nitrogens with one attached hydrogen (secondary N) is 1. The summed E-state index contributed by atoms with van der Waals surface area (Å²) in [5, 5.41) is 3.55. The van der Waals surface area contributed by atoms with Crippen molar-refractivity contribution in [2.45, 2.75) is 12.8 Å². The summed E-state index contributed by atoms with van der Waals surface area (Å²) in [5.74, 6) is 1.08. The first-order valence-electron chi connectivity index (χ1n) is 10.0. The molecule has 2 aliphatic rings. The number of anilines is 2. The monoisotopic (exact) mass is 415 g/mol. The molecule has 2 aliphatic heterocycles. The number of hydrogen-bond acceptors (Lipinski definition) is 5. The molecule has 0 bridgehead atoms. The second-order valence-electron chi connectivity index (χ2n) is 7.49. The van der Waals surface area contributed by atoms with Gasteiger partial charge in [0.05, 0.1) is 36.0 Å². The summed E-state index contributed by atoms with van der Waals surface area (Å²) in [6, 6.07) is 11.6. The minimum atomic E-state index is -0.0860. The number of ether oxygens (including phenoxy) is 2. The van der Waals surface area contributed by atoms with Crippen molar-refractivity contribution >= 4 is 28.9 Å². The molecular weight excluding hydrogens is 390 g/mol. The third-order valence-corrected chi connectivity index (χ3v) is 5.53. The second kappa shape index (κ2) is 8.93. The van der Waals surface area contributed by atoms with Crippen molar-refractivity contribution in [3.63, 3.8) is 0 Å². The minimum absolute atomic E-state index is 0.0860. The minimum Gasteiger partial charge on any atom is -0.489 e. The number of carbonyl (C=O) groups excluding carboxylic acids is 1. The number of nitrogens with zero attached hydrogens (tertiary/aromatic N) is 2. The molecule has 1 fully saturated rings. The van der Waals surface area contributed by atoms with Gasteiger partial charge in [-0.3, -0.25) is 4.79 Å². The zero-order valence-corrected chi connectivity index (χ0v) is 17.4. The fourth-order valence-electron chi connectivity index (χ4n) is 3.67. The van der Waals surface area contributed by atoms with E-state index < -0.39 is 0 Å². The van der Waals surface area contributed by atoms with E-state index in [4.69, 9.17) is 21.1 Å². The molecule has 2 aromatic rings. The van der Waals surface area contributed by atoms with Crippen LogP contribution in [-0.4, -0.2) is 57.2 Å². The normalized spacial score (nSPS) is 17.0. The van der Waals surface area contributed by atoms with Gasteiger partial charge in [-0.15, -0.1) is 0 Å². The standard InChI is InChI=1S/C22H26ClN3O3/c1-25-7-9-26(10-8-25)19-6-3-2-5-18(19)24-21(27)15-16-13-17(23)22-20(14-16)28-11-4-12-29-22/h2-3,5-6,13-14H,4,7-12,15H2,1H3,(H,24,27). The number of piperazine rings is 1. The number of fused-ring (bicyclic) bond motifs is 1. The van der Waals surface area contributed by atoms with Crippen molar-refractivity contribution in [3.05, 3.63) is 47.0 Å². The Balaban J connectivity index is 1.47. The molecule has 4 rings (SSSR count). The fourth-order valence-corrected chi connectivity index (χ4v) is 3.96. The summed E-state index contributed by atoms with van der Waals surface area (Å²) in [5.41, 5.74) is 2.70. The number of benzene rings is 2. The molecule has 0 radical (unpaired) electrons. The van der Waals surface area contributed by atoms with Gasteiger partial charge in [0.15, 0.2) is 11.5 Å². The van der Waals surface area contributed by atoms with Crippen LogP contribution in [0.15, 0.2) is 36.4 Å². The van der Waals surface area contributed by atoms with Crippen LogP contribution in [0.5, 0.6) is 11.5 Å². The van der Waals surface area contributed by atoms with Gasteiger partial charge >= 0.3 is 0 Å². The Labute approximate surface area is 176 Å². The molecule has 29 heavy (non-hydrogen) atoms. The highest BCUT2D eigenvalue weighted by molar-refractivity contribution is 6.32. The van der Waals surface area contributed by atoms with Crippen LogP contribution in [0.4, 0.5) is 11.4 Å². The zero-order chi connectivity index (χ0) is 20.2. The van der Waals surface area contributed by atoms with Gasteiger partial charge in [0.1, 0.15) is 0 Å². The van der Waals surface area contributed by atoms with Gasteiger partial charge in [-0.05, 0) is 36.9 Å². The number of para-hydroxylation sites is 2. The quantitative estimate of drug-likeness (QED) is 0.829. The second-order valence-corrected chi connectivity index (χ2v) is 7.90. The molecule has 154 valence electrons. The zero-order valence-electron chi connectivity index (χ0n) is 16.6. The maximum Gasteiger partial charge on any atom is 0.228 e. The number of rotatable bonds is 4. The Bertz CT molecular complexity index is 882. The predicted octanol–water partition coefficient (Wildman–Crippen LogP) is 3.43. The van der Waals surface area contributed by atoms with Crippen molar-refractivity contribution in [2.75, 3.05) is 56.7 Å². The molecule has 1 saturated heterocycles. The van der Waals surface area contributed by atoms with Gasteiger partial charge in [-0.1, -0.05) is 23.7 Å². The van der Waals surface area contributed by atoms with E-state index in [0.29, 0.717) is 29.7 Å². The van der Waals surface area contributed by atoms with Crippen molar-refractivity contribution in [1.82, 2.24) is 4.90 Å². The summed E-state index contributed by atoms with van der Waals surface area (Å²) < 4.78 is 11.4. The first kappa shape index (κ1) is 19.9. The first-order chi connectivity index (χ1) is 14.1. The van der Waals surface area contributed by atoms with Gasteiger partial charge in [-0.25, -0.2) is 0 Å². The average molecular weight is 416 g/mol. The number of carbonyl (C=O) groups is 1. The number of halogens is 1. The van der Waals surface area contributed by atoms with Crippen LogP contribution < -0.4 is 19.7 Å². The largest absolute Gasteiger partial charge is 0.489 e. The third kappa shape index (κ3) is 4.77. The van der Waals surface area contributed by atoms with Crippen molar-refractivity contribution < 1.29 is 14.3 Å². The van der Waals surface area contributed by atoms with Crippen LogP contribution in [0.3, 0.4) is 0 Å². The molecule has 0 spiro atoms. The molecule has 1 amide bonds. The van der Waals surface area contributed by atoms with Gasteiger partial charge in [0.2, 0.25) is 5.91 Å². The Morgan fingerprint density at radius 3 is 2.69 bits per heavy atom. The van der Waals surface area contributed by atoms with E-state index >= 15 is 0 Å². The smallest absolute Gasteiger partial charge is 0.228 e. The number of likely N-dealkylation sites (N-methyl/N-ethyl adjacent to an activating group) is 1. The van der Waals surface area contributed by atoms with Gasteiger partial charge in [-0.2, -0.15) is 0 Å². The van der Waals surface area contributed by atoms with Crippen LogP contribution in [0.2, 0.25) is 5.02 Å². The Kier molecular flexibility index (Phi) is 6.11. The summed E-state index contributed by atoms with van der Waals surface area (Å²) in [6.45, 7) is 5.07. The molecular formula is C22H26ClN3O3. The van der Waals surface area contributed by atoms with Gasteiger partial charge < -0.3 is 24.6 Å². The summed E-state index contributed by atoms with van der Waals surface area (Å²) in [4.78, 5) is 17.4. The lowest BCUT2D eigenvalue weighted by molar-refractivity contribution is -0.115. The average Bonchev–Trinajstić information content (AvgIpc) is 2.95. The van der Waals surface area contributed by atoms with E-state index in [1.165, 1.54) is 0 Å². The molecule has 0 atom stereocenters. The molecule has 2 heterocycles. The number of amides is 1. The summed E-state index contributed by atoms with van der Waals surface area (Å²) in [7, 11) is 2.13. The number of hydrogen-bond donors (Lipinski definition) is 1. The summed E-state index contributed by atoms with van der Waals surface area (Å²) in [6.07, 6.45) is 1.03. The highest BCUT2D eigenvalue weighted by atomic mass is 35.5. The van der Waals surface area contributed by atoms with Crippen molar-refractivity contribution in [1.29, 1.82) is 0 Å². The molecule has 0 aromatic heterocycles. The molecule has 0 aliphatic carbocycles. The fraction of sp³-hybridized carbons (Fsp3) is 0.409. The van der Waals surface area contributed by atoms with E-state index in [1.54, 1.807) is 6.07 Å². The van der Waals surface area contributed by atoms with E-state index in [1.807, 2.05) is 24.3 Å². The Morgan fingerprint density at radius 1 is 1.10 bits per heavy atom. The van der Waals surface area contributed by atoms with E-state index in [-0.39, 0.29) is 12.3 Å². The van der Waals surface area contributed by atoms with Crippen LogP contribution in [0.1, 0.15) is 12.0 Å². The lowest BCUT2D eigenvalue weighted by Gasteiger charge is -2.35. The molecule has 0 saturated carbocycles. The van der Waals surface area contributed by atoms with Crippen LogP contribution in [0.25, 0.3) is 0 Å². The van der Waals surface area contributed by atoms with Gasteiger partial charge in [0, 0.05) is 32.6 Å². The van der Waals surface area contributed by atoms with E-state index in [0.717, 1.165) is 49.5 Å². The maximum absolute atomic E-state index is 12.8. The lowest BCUT2D eigenvalue weighted by Crippen LogP contribution is -2.44. The molecule has 2 aromatic carbocycles. The maximum atomic E-state index is 12.8. The Hall–Kier alpha value is -2.44. The van der Waals surface area contributed by atoms with Crippen LogP contribution in [0, 0.1) is 0 Å². The van der Waals surface area contributed by atoms with E-state index in [9.17, 15) is 4.79 Å². The molecule has 7 heteroatoms. The van der Waals surface area contributed by atoms with Gasteiger partial charge in [0.25, 0.3) is 0 Å². The van der Waals surface area contributed by atoms with Crippen molar-refractivity contribution in [3.8, 4) is 11.5 Å². The highest BCUT2D eigenvalue weighted by Crippen LogP contribution is 2.38. The predicted molar refractivity (Wildman–Crippen MR) is 116 cm³/mol. The van der Waals surface area contributed by atoms with Crippen LogP contribution >= 0.6 is 11.6 Å². The third-order valence-electron chi connectivity index (χ3n) is 5.25. The van der Waals surface area contributed by atoms with Crippen molar-refractivity contribution in [2.24, 2.45) is 0 Å². The summed E-state index contributed by atoms with van der Waals surface area (Å²) >= 11 is 6.35. The molecule has 0 unspecified atom stereocenters. The molecule has 6 nitrogen and oxygen atoms in total. The highest BCUT2D eigenvalue weighted by Gasteiger charge is 2.19. The topological polar surface area (TPSA) is 54.0 Å². The lowest BCUT2D eigenvalue weighted by atomic mass is 10.1. The molecule has 1 N–H and O–H groups in total. The first-order valence-corrected chi connectivity index (χ1v) is 10.4. The Morgan fingerprint density at radius 2 is 1.86 bits per heavy atom. The van der Waals surface area contributed by atoms with Crippen LogP contribution in [-0.2, 0) is 11.2 Å².